The number of alkyl carbamates (subject to hydrolysis) is 1. The largest absolute Gasteiger partial charge is 0.444 e. The van der Waals surface area contributed by atoms with Gasteiger partial charge in [0.15, 0.2) is 0 Å². The summed E-state index contributed by atoms with van der Waals surface area (Å²) in [6, 6.07) is 0. The number of ether oxygens (including phenoxy) is 1. The quantitative estimate of drug-likeness (QED) is 0.758. The summed E-state index contributed by atoms with van der Waals surface area (Å²) in [4.78, 5) is 24.8. The molecule has 2 amide bonds. The highest BCUT2D eigenvalue weighted by Gasteiger charge is 2.17. The summed E-state index contributed by atoms with van der Waals surface area (Å²) in [5.41, 5.74) is 0.0731. The highest BCUT2D eigenvalue weighted by atomic mass is 16.6. The van der Waals surface area contributed by atoms with Crippen molar-refractivity contribution >= 4 is 12.0 Å². The normalized spacial score (nSPS) is 10.8. The fraction of sp³-hybridized carbons (Fsp3) is 0.538. The minimum atomic E-state index is -0.554. The fourth-order valence-electron chi connectivity index (χ4n) is 1.50. The molecule has 0 spiro atoms. The molecule has 0 bridgehead atoms. The number of amides is 2. The summed E-state index contributed by atoms with van der Waals surface area (Å²) in [5, 5.41) is 12.6. The van der Waals surface area contributed by atoms with Gasteiger partial charge in [-0.2, -0.15) is 15.4 Å². The summed E-state index contributed by atoms with van der Waals surface area (Å²) >= 11 is 0. The van der Waals surface area contributed by atoms with Gasteiger partial charge in [-0.05, 0) is 26.8 Å². The van der Waals surface area contributed by atoms with Crippen molar-refractivity contribution < 1.29 is 14.3 Å². The molecule has 116 valence electrons. The van der Waals surface area contributed by atoms with Gasteiger partial charge in [0.2, 0.25) is 5.91 Å². The van der Waals surface area contributed by atoms with Crippen molar-refractivity contribution in [1.82, 2.24) is 25.6 Å². The molecule has 0 saturated heterocycles. The lowest BCUT2D eigenvalue weighted by molar-refractivity contribution is -0.126. The number of aromatic nitrogens is 3. The molecule has 1 aromatic rings. The molecule has 8 nitrogen and oxygen atoms in total. The maximum Gasteiger partial charge on any atom is 0.407 e. The Morgan fingerprint density at radius 1 is 1.52 bits per heavy atom. The van der Waals surface area contributed by atoms with Crippen LogP contribution in [0.15, 0.2) is 18.9 Å². The van der Waals surface area contributed by atoms with E-state index in [0.29, 0.717) is 12.2 Å². The zero-order valence-electron chi connectivity index (χ0n) is 12.5. The molecule has 2 N–H and O–H groups in total. The van der Waals surface area contributed by atoms with E-state index in [1.165, 1.54) is 17.2 Å². The average molecular weight is 295 g/mol. The van der Waals surface area contributed by atoms with E-state index >= 15 is 0 Å². The molecule has 0 radical (unpaired) electrons. The first-order chi connectivity index (χ1) is 9.81. The molecule has 0 saturated carbocycles. The number of hydrogen-bond acceptors (Lipinski definition) is 5. The van der Waals surface area contributed by atoms with Crippen LogP contribution in [-0.2, 0) is 16.1 Å². The molecule has 0 fully saturated rings. The van der Waals surface area contributed by atoms with E-state index in [4.69, 9.17) is 4.74 Å². The number of nitrogens with zero attached hydrogens (tertiary/aromatic N) is 3. The van der Waals surface area contributed by atoms with Crippen molar-refractivity contribution in [2.75, 3.05) is 13.1 Å². The van der Waals surface area contributed by atoms with E-state index in [9.17, 15) is 9.59 Å². The molecule has 0 unspecified atom stereocenters. The second-order valence-corrected chi connectivity index (χ2v) is 5.35. The number of H-pyrrole nitrogens is 1. The molecule has 0 atom stereocenters. The molecule has 1 heterocycles. The first kappa shape index (κ1) is 16.7. The number of nitrogens with one attached hydrogen (secondary N) is 2. The third-order valence-corrected chi connectivity index (χ3v) is 2.35. The zero-order valence-corrected chi connectivity index (χ0v) is 12.5. The van der Waals surface area contributed by atoms with Crippen LogP contribution in [-0.4, -0.2) is 51.0 Å². The van der Waals surface area contributed by atoms with Crippen molar-refractivity contribution in [2.24, 2.45) is 0 Å². The van der Waals surface area contributed by atoms with Crippen molar-refractivity contribution in [1.29, 1.82) is 0 Å². The van der Waals surface area contributed by atoms with Gasteiger partial charge in [-0.25, -0.2) is 4.79 Å². The standard InChI is InChI=1S/C13H21N5O3/c1-5-11(19)18(9-10-8-15-17-16-10)7-6-14-12(20)21-13(2,3)4/h5,8H,1,6-7,9H2,2-4H3,(H,14,20)(H,15,16,17). The number of hydrogen-bond donors (Lipinski definition) is 2. The van der Waals surface area contributed by atoms with Crippen molar-refractivity contribution in [3.63, 3.8) is 0 Å². The molecule has 8 heteroatoms. The van der Waals surface area contributed by atoms with Crippen LogP contribution < -0.4 is 5.32 Å². The Bertz CT molecular complexity index is 478. The molecular formula is C13H21N5O3. The van der Waals surface area contributed by atoms with Gasteiger partial charge in [-0.3, -0.25) is 4.79 Å². The first-order valence-corrected chi connectivity index (χ1v) is 6.54. The minimum absolute atomic E-state index is 0.246. The Balaban J connectivity index is 2.45. The number of aromatic amines is 1. The van der Waals surface area contributed by atoms with E-state index < -0.39 is 11.7 Å². The molecule has 0 aromatic carbocycles. The predicted molar refractivity (Wildman–Crippen MR) is 76.2 cm³/mol. The van der Waals surface area contributed by atoms with Crippen LogP contribution in [0.25, 0.3) is 0 Å². The zero-order chi connectivity index (χ0) is 15.9. The molecule has 0 aliphatic carbocycles. The molecule has 0 aliphatic heterocycles. The Labute approximate surface area is 123 Å². The van der Waals surface area contributed by atoms with Gasteiger partial charge in [-0.15, -0.1) is 0 Å². The van der Waals surface area contributed by atoms with Crippen LogP contribution in [0, 0.1) is 0 Å². The number of carbonyl (C=O) groups excluding carboxylic acids is 2. The number of carbonyl (C=O) groups is 2. The van der Waals surface area contributed by atoms with Crippen LogP contribution in [0.1, 0.15) is 26.5 Å². The van der Waals surface area contributed by atoms with Crippen LogP contribution in [0.5, 0.6) is 0 Å². The second kappa shape index (κ2) is 7.41. The maximum atomic E-state index is 11.7. The topological polar surface area (TPSA) is 100 Å². The fourth-order valence-corrected chi connectivity index (χ4v) is 1.50. The van der Waals surface area contributed by atoms with Crippen molar-refractivity contribution in [3.05, 3.63) is 24.5 Å². The highest BCUT2D eigenvalue weighted by Crippen LogP contribution is 2.06. The van der Waals surface area contributed by atoms with Gasteiger partial charge >= 0.3 is 6.09 Å². The van der Waals surface area contributed by atoms with Crippen molar-refractivity contribution in [2.45, 2.75) is 32.9 Å². The maximum absolute atomic E-state index is 11.7. The molecular weight excluding hydrogens is 274 g/mol. The summed E-state index contributed by atoms with van der Waals surface area (Å²) < 4.78 is 5.11. The van der Waals surface area contributed by atoms with E-state index in [1.54, 1.807) is 20.8 Å². The summed E-state index contributed by atoms with van der Waals surface area (Å²) in [7, 11) is 0. The Hall–Kier alpha value is -2.38. The van der Waals surface area contributed by atoms with E-state index in [1.807, 2.05) is 0 Å². The molecule has 21 heavy (non-hydrogen) atoms. The molecule has 1 aromatic heterocycles. The monoisotopic (exact) mass is 295 g/mol. The van der Waals surface area contributed by atoms with Gasteiger partial charge in [0.25, 0.3) is 0 Å². The van der Waals surface area contributed by atoms with Crippen LogP contribution in [0.4, 0.5) is 4.79 Å². The number of rotatable bonds is 6. The van der Waals surface area contributed by atoms with Gasteiger partial charge in [0.05, 0.1) is 12.7 Å². The highest BCUT2D eigenvalue weighted by molar-refractivity contribution is 5.86. The van der Waals surface area contributed by atoms with Crippen LogP contribution in [0.3, 0.4) is 0 Å². The molecule has 0 aliphatic rings. The molecule has 1 rings (SSSR count). The van der Waals surface area contributed by atoms with E-state index in [2.05, 4.69) is 27.3 Å². The SMILES string of the molecule is C=CC(=O)N(CCNC(=O)OC(C)(C)C)Cc1cn[nH]n1. The third kappa shape index (κ3) is 6.55. The summed E-state index contributed by atoms with van der Waals surface area (Å²) in [6.45, 7) is 9.68. The van der Waals surface area contributed by atoms with Gasteiger partial charge in [0, 0.05) is 13.1 Å². The van der Waals surface area contributed by atoms with Crippen molar-refractivity contribution in [3.8, 4) is 0 Å². The van der Waals surface area contributed by atoms with E-state index in [0.717, 1.165) is 0 Å². The summed E-state index contributed by atoms with van der Waals surface area (Å²) in [5.74, 6) is -0.246. The lowest BCUT2D eigenvalue weighted by Crippen LogP contribution is -2.39. The Kier molecular flexibility index (Phi) is 5.89. The smallest absolute Gasteiger partial charge is 0.407 e. The third-order valence-electron chi connectivity index (χ3n) is 2.35. The first-order valence-electron chi connectivity index (χ1n) is 6.54. The Morgan fingerprint density at radius 2 is 2.24 bits per heavy atom. The van der Waals surface area contributed by atoms with E-state index in [-0.39, 0.29) is 19.0 Å². The van der Waals surface area contributed by atoms with Gasteiger partial charge in [-0.1, -0.05) is 6.58 Å². The van der Waals surface area contributed by atoms with Gasteiger partial charge < -0.3 is 15.0 Å². The lowest BCUT2D eigenvalue weighted by atomic mass is 10.2. The predicted octanol–water partition coefficient (Wildman–Crippen LogP) is 0.844. The Morgan fingerprint density at radius 3 is 2.76 bits per heavy atom. The lowest BCUT2D eigenvalue weighted by Gasteiger charge is -2.22. The summed E-state index contributed by atoms with van der Waals surface area (Å²) in [6.07, 6.45) is 2.23. The average Bonchev–Trinajstić information content (AvgIpc) is 2.87. The second-order valence-electron chi connectivity index (χ2n) is 5.35. The minimum Gasteiger partial charge on any atom is -0.444 e. The van der Waals surface area contributed by atoms with Crippen LogP contribution >= 0.6 is 0 Å². The van der Waals surface area contributed by atoms with Crippen LogP contribution in [0.2, 0.25) is 0 Å². The van der Waals surface area contributed by atoms with Gasteiger partial charge in [0.1, 0.15) is 11.3 Å².